The lowest BCUT2D eigenvalue weighted by molar-refractivity contribution is -0.119. The molecule has 0 aromatic heterocycles. The fourth-order valence-electron chi connectivity index (χ4n) is 2.04. The van der Waals surface area contributed by atoms with Crippen molar-refractivity contribution in [2.75, 3.05) is 11.9 Å². The molecule has 3 nitrogen and oxygen atoms in total. The molecule has 1 heterocycles. The molecular weight excluding hydrogens is 224 g/mol. The predicted molar refractivity (Wildman–Crippen MR) is 77.5 cm³/mol. The summed E-state index contributed by atoms with van der Waals surface area (Å²) >= 11 is 0. The summed E-state index contributed by atoms with van der Waals surface area (Å²) in [5, 5.41) is 0. The molecule has 1 aromatic rings. The van der Waals surface area contributed by atoms with Gasteiger partial charge < -0.3 is 4.90 Å². The van der Waals surface area contributed by atoms with Crippen LogP contribution in [0.25, 0.3) is 0 Å². The van der Waals surface area contributed by atoms with Gasteiger partial charge in [0.2, 0.25) is 0 Å². The number of amides is 1. The van der Waals surface area contributed by atoms with Gasteiger partial charge in [0.05, 0.1) is 5.69 Å². The summed E-state index contributed by atoms with van der Waals surface area (Å²) < 4.78 is 0. The van der Waals surface area contributed by atoms with Crippen LogP contribution in [0.4, 0.5) is 5.69 Å². The average molecular weight is 246 g/mol. The SMILES string of the molecule is CC.CCC1N=C(C)c2ccccc2N(C)C1=O. The number of benzene rings is 1. The number of likely N-dealkylation sites (N-methyl/N-ethyl adjacent to an activating group) is 1. The molecule has 1 aliphatic heterocycles. The molecule has 0 saturated carbocycles. The van der Waals surface area contributed by atoms with Crippen LogP contribution < -0.4 is 4.90 Å². The van der Waals surface area contributed by atoms with Gasteiger partial charge >= 0.3 is 0 Å². The van der Waals surface area contributed by atoms with E-state index in [-0.39, 0.29) is 11.9 Å². The first kappa shape index (κ1) is 14.4. The summed E-state index contributed by atoms with van der Waals surface area (Å²) in [6.45, 7) is 7.96. The van der Waals surface area contributed by atoms with E-state index in [0.717, 1.165) is 23.4 Å². The second-order valence-electron chi connectivity index (χ2n) is 4.05. The van der Waals surface area contributed by atoms with Gasteiger partial charge in [-0.2, -0.15) is 0 Å². The minimum absolute atomic E-state index is 0.0757. The van der Waals surface area contributed by atoms with Gasteiger partial charge in [-0.15, -0.1) is 0 Å². The molecule has 1 amide bonds. The minimum atomic E-state index is -0.239. The molecular formula is C15H22N2O. The third kappa shape index (κ3) is 2.61. The maximum absolute atomic E-state index is 12.1. The van der Waals surface area contributed by atoms with Crippen molar-refractivity contribution < 1.29 is 4.79 Å². The molecule has 0 N–H and O–H groups in total. The van der Waals surface area contributed by atoms with E-state index in [0.29, 0.717) is 0 Å². The number of nitrogens with zero attached hydrogens (tertiary/aromatic N) is 2. The number of para-hydroxylation sites is 1. The van der Waals surface area contributed by atoms with E-state index >= 15 is 0 Å². The van der Waals surface area contributed by atoms with Crippen molar-refractivity contribution in [2.45, 2.75) is 40.2 Å². The summed E-state index contributed by atoms with van der Waals surface area (Å²) in [6, 6.07) is 7.66. The average Bonchev–Trinajstić information content (AvgIpc) is 2.52. The van der Waals surface area contributed by atoms with Gasteiger partial charge in [0, 0.05) is 18.3 Å². The van der Waals surface area contributed by atoms with Crippen LogP contribution in [-0.4, -0.2) is 24.7 Å². The third-order valence-corrected chi connectivity index (χ3v) is 3.01. The largest absolute Gasteiger partial charge is 0.313 e. The predicted octanol–water partition coefficient (Wildman–Crippen LogP) is 3.28. The first-order valence-corrected chi connectivity index (χ1v) is 6.56. The summed E-state index contributed by atoms with van der Waals surface area (Å²) in [4.78, 5) is 18.3. The Morgan fingerprint density at radius 1 is 1.28 bits per heavy atom. The van der Waals surface area contributed by atoms with Crippen LogP contribution in [0, 0.1) is 0 Å². The topological polar surface area (TPSA) is 32.7 Å². The fraction of sp³-hybridized carbons (Fsp3) is 0.467. The Hall–Kier alpha value is -1.64. The molecule has 98 valence electrons. The maximum atomic E-state index is 12.1. The van der Waals surface area contributed by atoms with E-state index in [1.807, 2.05) is 59.0 Å². The quantitative estimate of drug-likeness (QED) is 0.748. The number of carbonyl (C=O) groups excluding carboxylic acids is 1. The zero-order chi connectivity index (χ0) is 13.7. The zero-order valence-electron chi connectivity index (χ0n) is 11.9. The zero-order valence-corrected chi connectivity index (χ0v) is 11.9. The van der Waals surface area contributed by atoms with Crippen molar-refractivity contribution in [3.05, 3.63) is 29.8 Å². The molecule has 0 radical (unpaired) electrons. The van der Waals surface area contributed by atoms with Crippen molar-refractivity contribution in [1.82, 2.24) is 0 Å². The summed E-state index contributed by atoms with van der Waals surface area (Å²) in [5.74, 6) is 0.0757. The summed E-state index contributed by atoms with van der Waals surface area (Å²) in [6.07, 6.45) is 0.745. The normalized spacial score (nSPS) is 18.3. The highest BCUT2D eigenvalue weighted by Crippen LogP contribution is 2.25. The number of aliphatic imine (C=N–C) groups is 1. The van der Waals surface area contributed by atoms with Crippen molar-refractivity contribution in [3.8, 4) is 0 Å². The third-order valence-electron chi connectivity index (χ3n) is 3.01. The first-order chi connectivity index (χ1) is 8.65. The van der Waals surface area contributed by atoms with Crippen molar-refractivity contribution >= 4 is 17.3 Å². The highest BCUT2D eigenvalue weighted by atomic mass is 16.2. The second-order valence-corrected chi connectivity index (χ2v) is 4.05. The van der Waals surface area contributed by atoms with Gasteiger partial charge in [0.25, 0.3) is 5.91 Å². The summed E-state index contributed by atoms with van der Waals surface area (Å²) in [7, 11) is 1.82. The lowest BCUT2D eigenvalue weighted by Gasteiger charge is -2.19. The van der Waals surface area contributed by atoms with Crippen LogP contribution in [0.5, 0.6) is 0 Å². The van der Waals surface area contributed by atoms with E-state index in [1.165, 1.54) is 0 Å². The number of benzodiazepines with no additional fused rings is 1. The molecule has 18 heavy (non-hydrogen) atoms. The number of carbonyl (C=O) groups is 1. The molecule has 1 aromatic carbocycles. The Kier molecular flexibility index (Phi) is 5.08. The van der Waals surface area contributed by atoms with Gasteiger partial charge in [-0.25, -0.2) is 0 Å². The second kappa shape index (κ2) is 6.34. The van der Waals surface area contributed by atoms with E-state index in [9.17, 15) is 4.79 Å². The van der Waals surface area contributed by atoms with Crippen LogP contribution in [0.1, 0.15) is 39.7 Å². The van der Waals surface area contributed by atoms with E-state index < -0.39 is 0 Å². The standard InChI is InChI=1S/C13H16N2O.C2H6/c1-4-11-13(16)15(3)12-8-6-5-7-10(12)9(2)14-11;1-2/h5-8,11H,4H2,1-3H3;1-2H3. The lowest BCUT2D eigenvalue weighted by atomic mass is 10.1. The maximum Gasteiger partial charge on any atom is 0.251 e. The summed E-state index contributed by atoms with van der Waals surface area (Å²) in [5.41, 5.74) is 2.94. The molecule has 0 saturated heterocycles. The highest BCUT2D eigenvalue weighted by molar-refractivity contribution is 6.11. The van der Waals surface area contributed by atoms with Gasteiger partial charge in [-0.1, -0.05) is 39.0 Å². The van der Waals surface area contributed by atoms with Gasteiger partial charge in [0.15, 0.2) is 0 Å². The minimum Gasteiger partial charge on any atom is -0.313 e. The Balaban J connectivity index is 0.000000771. The molecule has 0 spiro atoms. The Labute approximate surface area is 110 Å². The molecule has 0 aliphatic carbocycles. The van der Waals surface area contributed by atoms with E-state index in [1.54, 1.807) is 4.90 Å². The monoisotopic (exact) mass is 246 g/mol. The van der Waals surface area contributed by atoms with Crippen LogP contribution >= 0.6 is 0 Å². The Bertz CT molecular complexity index is 452. The molecule has 1 aliphatic rings. The van der Waals surface area contributed by atoms with Gasteiger partial charge in [-0.05, 0) is 19.4 Å². The fourth-order valence-corrected chi connectivity index (χ4v) is 2.04. The van der Waals surface area contributed by atoms with Crippen LogP contribution in [-0.2, 0) is 4.79 Å². The highest BCUT2D eigenvalue weighted by Gasteiger charge is 2.26. The first-order valence-electron chi connectivity index (χ1n) is 6.56. The molecule has 1 atom stereocenters. The van der Waals surface area contributed by atoms with Crippen LogP contribution in [0.2, 0.25) is 0 Å². The van der Waals surface area contributed by atoms with Crippen LogP contribution in [0.3, 0.4) is 0 Å². The van der Waals surface area contributed by atoms with E-state index in [2.05, 4.69) is 4.99 Å². The number of hydrogen-bond donors (Lipinski definition) is 0. The van der Waals surface area contributed by atoms with Crippen molar-refractivity contribution in [3.63, 3.8) is 0 Å². The molecule has 3 heteroatoms. The molecule has 0 bridgehead atoms. The van der Waals surface area contributed by atoms with Gasteiger partial charge in [0.1, 0.15) is 6.04 Å². The van der Waals surface area contributed by atoms with Crippen molar-refractivity contribution in [1.29, 1.82) is 0 Å². The number of hydrogen-bond acceptors (Lipinski definition) is 2. The Morgan fingerprint density at radius 2 is 1.89 bits per heavy atom. The van der Waals surface area contributed by atoms with E-state index in [4.69, 9.17) is 0 Å². The van der Waals surface area contributed by atoms with Crippen molar-refractivity contribution in [2.24, 2.45) is 4.99 Å². The smallest absolute Gasteiger partial charge is 0.251 e. The van der Waals surface area contributed by atoms with Gasteiger partial charge in [-0.3, -0.25) is 9.79 Å². The number of anilines is 1. The molecule has 0 fully saturated rings. The lowest BCUT2D eigenvalue weighted by Crippen LogP contribution is -2.34. The number of rotatable bonds is 1. The molecule has 2 rings (SSSR count). The number of fused-ring (bicyclic) bond motifs is 1. The molecule has 1 unspecified atom stereocenters. The Morgan fingerprint density at radius 3 is 2.50 bits per heavy atom. The van der Waals surface area contributed by atoms with Crippen LogP contribution in [0.15, 0.2) is 29.3 Å².